The van der Waals surface area contributed by atoms with E-state index in [1.54, 1.807) is 30.3 Å². The van der Waals surface area contributed by atoms with Gasteiger partial charge in [-0.05, 0) is 31.2 Å². The minimum Gasteiger partial charge on any atom is -0.493 e. The van der Waals surface area contributed by atoms with Crippen LogP contribution in [0.5, 0.6) is 5.75 Å². The molecule has 0 atom stereocenters. The summed E-state index contributed by atoms with van der Waals surface area (Å²) in [6.07, 6.45) is 1.72. The lowest BCUT2D eigenvalue weighted by Crippen LogP contribution is -2.33. The number of amides is 1. The van der Waals surface area contributed by atoms with E-state index in [2.05, 4.69) is 5.32 Å². The maximum Gasteiger partial charge on any atom is 0.273 e. The van der Waals surface area contributed by atoms with Crippen molar-refractivity contribution in [3.63, 3.8) is 0 Å². The SMILES string of the molecule is CCOc1ccccc1/C=c1\s/c(=C(\C#N)C(=O)NC)n(-c2ccccc2)c1=O. The molecule has 7 heteroatoms. The van der Waals surface area contributed by atoms with Crippen molar-refractivity contribution in [2.24, 2.45) is 0 Å². The van der Waals surface area contributed by atoms with Gasteiger partial charge >= 0.3 is 0 Å². The lowest BCUT2D eigenvalue weighted by atomic mass is 10.2. The van der Waals surface area contributed by atoms with Crippen molar-refractivity contribution in [1.82, 2.24) is 9.88 Å². The van der Waals surface area contributed by atoms with Crippen LogP contribution in [0, 0.1) is 11.3 Å². The first kappa shape index (κ1) is 20.1. The maximum absolute atomic E-state index is 13.2. The Balaban J connectivity index is 2.39. The van der Waals surface area contributed by atoms with Gasteiger partial charge in [0, 0.05) is 12.6 Å². The number of carbonyl (C=O) groups is 1. The number of hydrogen-bond donors (Lipinski definition) is 1. The Morgan fingerprint density at radius 2 is 1.90 bits per heavy atom. The Morgan fingerprint density at radius 1 is 1.21 bits per heavy atom. The van der Waals surface area contributed by atoms with Gasteiger partial charge in [-0.3, -0.25) is 14.2 Å². The molecule has 6 nitrogen and oxygen atoms in total. The number of carbonyl (C=O) groups excluding carboxylic acids is 1. The van der Waals surface area contributed by atoms with Gasteiger partial charge in [0.15, 0.2) is 5.57 Å². The second-order valence-electron chi connectivity index (χ2n) is 5.93. The topological polar surface area (TPSA) is 84.1 Å². The van der Waals surface area contributed by atoms with E-state index in [9.17, 15) is 14.9 Å². The van der Waals surface area contributed by atoms with Crippen molar-refractivity contribution in [1.29, 1.82) is 5.26 Å². The van der Waals surface area contributed by atoms with Crippen LogP contribution in [-0.2, 0) is 4.79 Å². The average molecular weight is 405 g/mol. The zero-order valence-electron chi connectivity index (χ0n) is 16.0. The lowest BCUT2D eigenvalue weighted by molar-refractivity contribution is -0.115. The number of aromatic nitrogens is 1. The number of rotatable bonds is 5. The highest BCUT2D eigenvalue weighted by atomic mass is 32.1. The van der Waals surface area contributed by atoms with Crippen LogP contribution in [0.4, 0.5) is 0 Å². The summed E-state index contributed by atoms with van der Waals surface area (Å²) < 4.78 is 7.71. The standard InChI is InChI=1S/C22H19N3O3S/c1-3-28-18-12-8-7-9-15(18)13-19-21(27)25(16-10-5-4-6-11-16)22(29-19)17(14-23)20(26)24-2/h4-13H,3H2,1-2H3,(H,24,26)/b19-13-,22-17+. The third kappa shape index (κ3) is 4.13. The molecule has 0 saturated heterocycles. The molecule has 0 saturated carbocycles. The van der Waals surface area contributed by atoms with Gasteiger partial charge in [-0.25, -0.2) is 0 Å². The number of benzene rings is 2. The summed E-state index contributed by atoms with van der Waals surface area (Å²) in [7, 11) is 1.45. The highest BCUT2D eigenvalue weighted by molar-refractivity contribution is 7.07. The van der Waals surface area contributed by atoms with Crippen LogP contribution in [0.3, 0.4) is 0 Å². The monoisotopic (exact) mass is 405 g/mol. The van der Waals surface area contributed by atoms with Gasteiger partial charge in [0.2, 0.25) is 0 Å². The molecule has 0 spiro atoms. The molecule has 3 rings (SSSR count). The van der Waals surface area contributed by atoms with E-state index in [4.69, 9.17) is 4.74 Å². The van der Waals surface area contributed by atoms with Gasteiger partial charge in [-0.2, -0.15) is 5.26 Å². The molecule has 1 heterocycles. The van der Waals surface area contributed by atoms with E-state index in [-0.39, 0.29) is 15.8 Å². The molecule has 0 aliphatic rings. The Hall–Kier alpha value is -3.63. The van der Waals surface area contributed by atoms with Gasteiger partial charge in [-0.1, -0.05) is 36.4 Å². The lowest BCUT2D eigenvalue weighted by Gasteiger charge is -2.05. The Morgan fingerprint density at radius 3 is 2.55 bits per heavy atom. The molecule has 0 bridgehead atoms. The quantitative estimate of drug-likeness (QED) is 0.698. The van der Waals surface area contributed by atoms with Crippen molar-refractivity contribution in [2.45, 2.75) is 6.92 Å². The molecule has 1 aromatic heterocycles. The molecule has 1 N–H and O–H groups in total. The van der Waals surface area contributed by atoms with Crippen molar-refractivity contribution < 1.29 is 9.53 Å². The Bertz CT molecular complexity index is 1250. The molecule has 0 aliphatic heterocycles. The van der Waals surface area contributed by atoms with Crippen molar-refractivity contribution >= 4 is 28.9 Å². The first-order valence-electron chi connectivity index (χ1n) is 8.98. The summed E-state index contributed by atoms with van der Waals surface area (Å²) in [6, 6.07) is 18.3. The fourth-order valence-corrected chi connectivity index (χ4v) is 3.90. The normalized spacial score (nSPS) is 12.2. The highest BCUT2D eigenvalue weighted by Crippen LogP contribution is 2.18. The summed E-state index contributed by atoms with van der Waals surface area (Å²) >= 11 is 1.10. The predicted molar refractivity (Wildman–Crippen MR) is 113 cm³/mol. The third-order valence-electron chi connectivity index (χ3n) is 4.12. The zero-order chi connectivity index (χ0) is 20.8. The van der Waals surface area contributed by atoms with Crippen molar-refractivity contribution in [3.8, 4) is 17.5 Å². The van der Waals surface area contributed by atoms with Crippen LogP contribution in [0.15, 0.2) is 59.4 Å². The molecule has 146 valence electrons. The van der Waals surface area contributed by atoms with E-state index >= 15 is 0 Å². The number of ether oxygens (including phenoxy) is 1. The van der Waals surface area contributed by atoms with Crippen LogP contribution in [0.1, 0.15) is 12.5 Å². The summed E-state index contributed by atoms with van der Waals surface area (Å²) in [5, 5.41) is 12.0. The minimum atomic E-state index is -0.542. The Labute approximate surface area is 171 Å². The van der Waals surface area contributed by atoms with E-state index < -0.39 is 5.91 Å². The third-order valence-corrected chi connectivity index (χ3v) is 5.22. The van der Waals surface area contributed by atoms with E-state index in [1.807, 2.05) is 43.3 Å². The number of nitriles is 1. The number of thiazole rings is 1. The Kier molecular flexibility index (Phi) is 6.27. The smallest absolute Gasteiger partial charge is 0.273 e. The van der Waals surface area contributed by atoms with Crippen LogP contribution in [-0.4, -0.2) is 24.1 Å². The first-order chi connectivity index (χ1) is 14.1. The van der Waals surface area contributed by atoms with Crippen LogP contribution >= 0.6 is 11.3 Å². The highest BCUT2D eigenvalue weighted by Gasteiger charge is 2.16. The zero-order valence-corrected chi connectivity index (χ0v) is 16.8. The van der Waals surface area contributed by atoms with Gasteiger partial charge in [0.25, 0.3) is 11.5 Å². The number of nitrogens with one attached hydrogen (secondary N) is 1. The predicted octanol–water partition coefficient (Wildman–Crippen LogP) is 1.55. The number of hydrogen-bond acceptors (Lipinski definition) is 5. The van der Waals surface area contributed by atoms with Gasteiger partial charge in [0.05, 0.1) is 16.8 Å². The van der Waals surface area contributed by atoms with Gasteiger partial charge in [0.1, 0.15) is 16.5 Å². The summed E-state index contributed by atoms with van der Waals surface area (Å²) in [4.78, 5) is 25.5. The number of para-hydroxylation sites is 2. The molecule has 29 heavy (non-hydrogen) atoms. The fraction of sp³-hybridized carbons (Fsp3) is 0.136. The molecule has 0 aliphatic carbocycles. The molecule has 0 radical (unpaired) electrons. The number of nitrogens with zero attached hydrogens (tertiary/aromatic N) is 2. The second-order valence-corrected chi connectivity index (χ2v) is 6.96. The van der Waals surface area contributed by atoms with E-state index in [1.165, 1.54) is 11.6 Å². The molecule has 1 amide bonds. The molecular formula is C22H19N3O3S. The maximum atomic E-state index is 13.2. The van der Waals surface area contributed by atoms with Crippen molar-refractivity contribution in [3.05, 3.63) is 79.7 Å². The summed E-state index contributed by atoms with van der Waals surface area (Å²) in [5.74, 6) is 0.117. The molecule has 2 aromatic carbocycles. The molecular weight excluding hydrogens is 386 g/mol. The first-order valence-corrected chi connectivity index (χ1v) is 9.79. The fourth-order valence-electron chi connectivity index (χ4n) is 2.81. The van der Waals surface area contributed by atoms with E-state index in [0.717, 1.165) is 16.9 Å². The van der Waals surface area contributed by atoms with E-state index in [0.29, 0.717) is 22.6 Å². The van der Waals surface area contributed by atoms with Gasteiger partial charge < -0.3 is 10.1 Å². The minimum absolute atomic E-state index is 0.115. The largest absolute Gasteiger partial charge is 0.493 e. The molecule has 3 aromatic rings. The molecule has 0 unspecified atom stereocenters. The average Bonchev–Trinajstić information content (AvgIpc) is 3.06. The molecule has 0 fully saturated rings. The summed E-state index contributed by atoms with van der Waals surface area (Å²) in [6.45, 7) is 2.39. The van der Waals surface area contributed by atoms with Crippen LogP contribution in [0.2, 0.25) is 0 Å². The second kappa shape index (κ2) is 9.04. The van der Waals surface area contributed by atoms with Crippen molar-refractivity contribution in [2.75, 3.05) is 13.7 Å². The van der Waals surface area contributed by atoms with Gasteiger partial charge in [-0.15, -0.1) is 11.3 Å². The van der Waals surface area contributed by atoms with Crippen LogP contribution in [0.25, 0.3) is 17.3 Å². The summed E-state index contributed by atoms with van der Waals surface area (Å²) in [5.41, 5.74) is 0.909. The van der Waals surface area contributed by atoms with Crippen LogP contribution < -0.4 is 24.8 Å².